The molecule has 0 radical (unpaired) electrons. The van der Waals surface area contributed by atoms with E-state index in [-0.39, 0.29) is 16.2 Å². The van der Waals surface area contributed by atoms with Crippen LogP contribution in [0.4, 0.5) is 0 Å². The predicted molar refractivity (Wildman–Crippen MR) is 128 cm³/mol. The summed E-state index contributed by atoms with van der Waals surface area (Å²) in [6.45, 7) is 24.1. The highest BCUT2D eigenvalue weighted by atomic mass is 28.4. The summed E-state index contributed by atoms with van der Waals surface area (Å²) in [6, 6.07) is 0. The lowest BCUT2D eigenvalue weighted by Crippen LogP contribution is -2.41. The molecule has 0 aliphatic rings. The van der Waals surface area contributed by atoms with Crippen molar-refractivity contribution >= 4 is 16.6 Å². The average Bonchev–Trinajstić information content (AvgIpc) is 2.53. The maximum absolute atomic E-state index is 6.22. The number of hydrogen-bond donors (Lipinski definition) is 0. The Morgan fingerprint density at radius 2 is 1.50 bits per heavy atom. The monoisotopic (exact) mass is 426 g/mol. The van der Waals surface area contributed by atoms with E-state index in [1.807, 2.05) is 6.26 Å². The second kappa shape index (κ2) is 11.6. The van der Waals surface area contributed by atoms with Gasteiger partial charge >= 0.3 is 0 Å². The zero-order chi connectivity index (χ0) is 22.1. The first-order valence-electron chi connectivity index (χ1n) is 10.7. The molecule has 0 saturated carbocycles. The van der Waals surface area contributed by atoms with Gasteiger partial charge in [-0.3, -0.25) is 0 Å². The summed E-state index contributed by atoms with van der Waals surface area (Å²) in [7, 11) is -3.41. The number of rotatable bonds is 12. The molecule has 0 aliphatic heterocycles. The van der Waals surface area contributed by atoms with E-state index in [0.717, 1.165) is 32.3 Å². The van der Waals surface area contributed by atoms with Crippen LogP contribution in [-0.4, -0.2) is 36.0 Å². The summed E-state index contributed by atoms with van der Waals surface area (Å²) < 4.78 is 18.4. The lowest BCUT2D eigenvalue weighted by molar-refractivity contribution is 0.0421. The molecule has 1 atom stereocenters. The minimum atomic E-state index is -1.74. The maximum Gasteiger partial charge on any atom is 0.249 e. The van der Waals surface area contributed by atoms with E-state index in [0.29, 0.717) is 6.61 Å². The van der Waals surface area contributed by atoms with E-state index in [9.17, 15) is 0 Å². The van der Waals surface area contributed by atoms with Crippen molar-refractivity contribution in [1.82, 2.24) is 0 Å². The summed E-state index contributed by atoms with van der Waals surface area (Å²) in [5.74, 6) is 2.72. The smallest absolute Gasteiger partial charge is 0.249 e. The van der Waals surface area contributed by atoms with Gasteiger partial charge in [0.05, 0.1) is 12.4 Å². The van der Waals surface area contributed by atoms with Crippen molar-refractivity contribution in [2.75, 3.05) is 13.2 Å². The van der Waals surface area contributed by atoms with E-state index in [1.54, 1.807) is 0 Å². The number of hydrogen-bond acceptors (Lipinski definition) is 3. The van der Waals surface area contributed by atoms with E-state index < -0.39 is 16.6 Å². The van der Waals surface area contributed by atoms with Gasteiger partial charge in [0.2, 0.25) is 8.32 Å². The topological polar surface area (TPSA) is 27.7 Å². The normalized spacial score (nSPS) is 14.9. The molecule has 0 aliphatic carbocycles. The molecule has 0 spiro atoms. The second-order valence-electron chi connectivity index (χ2n) is 10.7. The Labute approximate surface area is 177 Å². The van der Waals surface area contributed by atoms with Gasteiger partial charge in [-0.15, -0.1) is 12.3 Å². The van der Waals surface area contributed by atoms with Crippen molar-refractivity contribution in [1.29, 1.82) is 0 Å². The van der Waals surface area contributed by atoms with Gasteiger partial charge < -0.3 is 13.6 Å². The number of ether oxygens (including phenoxy) is 1. The van der Waals surface area contributed by atoms with Crippen LogP contribution < -0.4 is 0 Å². The van der Waals surface area contributed by atoms with E-state index >= 15 is 0 Å². The van der Waals surface area contributed by atoms with Crippen LogP contribution >= 0.6 is 0 Å². The van der Waals surface area contributed by atoms with Crippen LogP contribution in [0.15, 0.2) is 12.3 Å². The molecule has 0 aromatic rings. The highest BCUT2D eigenvalue weighted by Crippen LogP contribution is 2.37. The fourth-order valence-electron chi connectivity index (χ4n) is 1.97. The van der Waals surface area contributed by atoms with Crippen LogP contribution in [0.2, 0.25) is 36.3 Å². The molecule has 0 aromatic carbocycles. The van der Waals surface area contributed by atoms with Gasteiger partial charge in [-0.2, -0.15) is 0 Å². The fourth-order valence-corrected chi connectivity index (χ4v) is 3.85. The van der Waals surface area contributed by atoms with Crippen molar-refractivity contribution in [2.45, 2.75) is 110 Å². The largest absolute Gasteiger partial charge is 0.549 e. The van der Waals surface area contributed by atoms with Gasteiger partial charge in [-0.25, -0.2) is 0 Å². The standard InChI is InChI=1S/C23H46O3Si2/c1-12-13-16-21(17-14-19-25-27(8,9)22(2,3)4)24-18-15-20-26-28(10,11)23(5,6)7/h1,14,19,21H,13,15-18,20H2,2-11H3. The van der Waals surface area contributed by atoms with Gasteiger partial charge in [0, 0.05) is 19.6 Å². The molecule has 3 nitrogen and oxygen atoms in total. The first kappa shape index (κ1) is 27.5. The Balaban J connectivity index is 4.39. The molecule has 0 rings (SSSR count). The van der Waals surface area contributed by atoms with Gasteiger partial charge in [-0.05, 0) is 61.6 Å². The van der Waals surface area contributed by atoms with Crippen molar-refractivity contribution in [2.24, 2.45) is 0 Å². The summed E-state index contributed by atoms with van der Waals surface area (Å²) in [4.78, 5) is 0. The third-order valence-electron chi connectivity index (χ3n) is 6.19. The molecule has 0 saturated heterocycles. The van der Waals surface area contributed by atoms with Gasteiger partial charge in [0.25, 0.3) is 0 Å². The lowest BCUT2D eigenvalue weighted by Gasteiger charge is -2.36. The quantitative estimate of drug-likeness (QED) is 0.144. The zero-order valence-corrected chi connectivity index (χ0v) is 22.3. The molecule has 5 heteroatoms. The number of terminal acetylenes is 1. The lowest BCUT2D eigenvalue weighted by atomic mass is 10.1. The summed E-state index contributed by atoms with van der Waals surface area (Å²) in [6.07, 6.45) is 12.9. The predicted octanol–water partition coefficient (Wildman–Crippen LogP) is 7.12. The van der Waals surface area contributed by atoms with Crippen molar-refractivity contribution < 1.29 is 13.6 Å². The SMILES string of the molecule is C#CCCC(CC=CO[Si](C)(C)C(C)(C)C)OCCCO[Si](C)(C)C(C)(C)C. The summed E-state index contributed by atoms with van der Waals surface area (Å²) in [5.41, 5.74) is 0. The Hall–Kier alpha value is -0.546. The van der Waals surface area contributed by atoms with E-state index in [4.69, 9.17) is 20.0 Å². The molecule has 0 heterocycles. The molecule has 0 aromatic heterocycles. The van der Waals surface area contributed by atoms with Crippen LogP contribution in [0, 0.1) is 12.3 Å². The van der Waals surface area contributed by atoms with Gasteiger partial charge in [0.1, 0.15) is 0 Å². The molecule has 0 N–H and O–H groups in total. The molecule has 0 amide bonds. The maximum atomic E-state index is 6.22. The molecule has 164 valence electrons. The minimum absolute atomic E-state index is 0.142. The van der Waals surface area contributed by atoms with Crippen LogP contribution in [0.1, 0.15) is 67.2 Å². The Morgan fingerprint density at radius 1 is 0.929 bits per heavy atom. The molecule has 0 bridgehead atoms. The van der Waals surface area contributed by atoms with Gasteiger partial charge in [-0.1, -0.05) is 41.5 Å². The Kier molecular flexibility index (Phi) is 11.4. The Morgan fingerprint density at radius 3 is 2.00 bits per heavy atom. The zero-order valence-electron chi connectivity index (χ0n) is 20.3. The molecule has 0 fully saturated rings. The van der Waals surface area contributed by atoms with Crippen molar-refractivity contribution in [3.8, 4) is 12.3 Å². The third-order valence-corrected chi connectivity index (χ3v) is 15.1. The Bertz CT molecular complexity index is 505. The highest BCUT2D eigenvalue weighted by Gasteiger charge is 2.38. The highest BCUT2D eigenvalue weighted by molar-refractivity contribution is 6.74. The summed E-state index contributed by atoms with van der Waals surface area (Å²) >= 11 is 0. The summed E-state index contributed by atoms with van der Waals surface area (Å²) in [5, 5.41) is 0.457. The molecule has 1 unspecified atom stereocenters. The van der Waals surface area contributed by atoms with Gasteiger partial charge in [0.15, 0.2) is 8.32 Å². The average molecular weight is 427 g/mol. The van der Waals surface area contributed by atoms with Crippen LogP contribution in [-0.2, 0) is 13.6 Å². The molecule has 28 heavy (non-hydrogen) atoms. The van der Waals surface area contributed by atoms with Crippen LogP contribution in [0.3, 0.4) is 0 Å². The minimum Gasteiger partial charge on any atom is -0.549 e. The van der Waals surface area contributed by atoms with Crippen molar-refractivity contribution in [3.05, 3.63) is 12.3 Å². The first-order chi connectivity index (χ1) is 12.6. The van der Waals surface area contributed by atoms with E-state index in [1.165, 1.54) is 0 Å². The molecular formula is C23H46O3Si2. The second-order valence-corrected chi connectivity index (χ2v) is 20.2. The molecular weight excluding hydrogens is 380 g/mol. The van der Waals surface area contributed by atoms with Crippen LogP contribution in [0.5, 0.6) is 0 Å². The third kappa shape index (κ3) is 10.3. The fraction of sp³-hybridized carbons (Fsp3) is 0.826. The van der Waals surface area contributed by atoms with Crippen molar-refractivity contribution in [3.63, 3.8) is 0 Å². The van der Waals surface area contributed by atoms with E-state index in [2.05, 4.69) is 79.7 Å². The first-order valence-corrected chi connectivity index (χ1v) is 16.5. The van der Waals surface area contributed by atoms with Crippen LogP contribution in [0.25, 0.3) is 0 Å².